The summed E-state index contributed by atoms with van der Waals surface area (Å²) >= 11 is 0. The van der Waals surface area contributed by atoms with Crippen molar-refractivity contribution in [2.45, 2.75) is 45.2 Å². The molecule has 4 nitrogen and oxygen atoms in total. The van der Waals surface area contributed by atoms with Crippen LogP contribution in [0.1, 0.15) is 33.1 Å². The molecule has 0 radical (unpaired) electrons. The molecule has 1 saturated heterocycles. The van der Waals surface area contributed by atoms with E-state index in [0.29, 0.717) is 12.6 Å². The van der Waals surface area contributed by atoms with Crippen LogP contribution in [-0.2, 0) is 4.79 Å². The second-order valence-corrected chi connectivity index (χ2v) is 5.35. The fourth-order valence-corrected chi connectivity index (χ4v) is 2.18. The maximum absolute atomic E-state index is 12.0. The molecule has 1 aliphatic heterocycles. The van der Waals surface area contributed by atoms with Gasteiger partial charge in [0.2, 0.25) is 5.91 Å². The zero-order valence-corrected chi connectivity index (χ0v) is 11.7. The summed E-state index contributed by atoms with van der Waals surface area (Å²) in [6, 6.07) is 0.834. The maximum Gasteiger partial charge on any atom is 0.236 e. The zero-order valence-electron chi connectivity index (χ0n) is 11.7. The predicted molar refractivity (Wildman–Crippen MR) is 71.0 cm³/mol. The number of carbonyl (C=O) groups excluding carboxylic acids is 1. The lowest BCUT2D eigenvalue weighted by Gasteiger charge is -2.29. The molecule has 4 heteroatoms. The minimum atomic E-state index is 0.222. The maximum atomic E-state index is 12.0. The number of carbonyl (C=O) groups is 1. The van der Waals surface area contributed by atoms with E-state index >= 15 is 0 Å². The highest BCUT2D eigenvalue weighted by Gasteiger charge is 2.20. The summed E-state index contributed by atoms with van der Waals surface area (Å²) in [6.07, 6.45) is 3.56. The molecule has 0 aromatic heterocycles. The van der Waals surface area contributed by atoms with E-state index in [0.717, 1.165) is 19.5 Å². The highest BCUT2D eigenvalue weighted by Crippen LogP contribution is 2.11. The van der Waals surface area contributed by atoms with Crippen molar-refractivity contribution in [3.8, 4) is 0 Å². The Balaban J connectivity index is 2.41. The molecule has 0 aromatic rings. The van der Waals surface area contributed by atoms with E-state index in [2.05, 4.69) is 17.3 Å². The second kappa shape index (κ2) is 6.97. The Morgan fingerprint density at radius 3 is 2.65 bits per heavy atom. The molecule has 1 unspecified atom stereocenters. The summed E-state index contributed by atoms with van der Waals surface area (Å²) in [5.74, 6) is 0.222. The summed E-state index contributed by atoms with van der Waals surface area (Å²) in [6.45, 7) is 6.83. The van der Waals surface area contributed by atoms with Gasteiger partial charge in [0.15, 0.2) is 0 Å². The molecule has 100 valence electrons. The number of hydrogen-bond acceptors (Lipinski definition) is 3. The van der Waals surface area contributed by atoms with E-state index in [-0.39, 0.29) is 11.9 Å². The molecule has 0 spiro atoms. The van der Waals surface area contributed by atoms with Gasteiger partial charge in [0.25, 0.3) is 0 Å². The normalized spacial score (nSPS) is 21.6. The van der Waals surface area contributed by atoms with Gasteiger partial charge >= 0.3 is 0 Å². The van der Waals surface area contributed by atoms with E-state index in [1.807, 2.05) is 25.8 Å². The monoisotopic (exact) mass is 241 g/mol. The van der Waals surface area contributed by atoms with Crippen LogP contribution in [0.5, 0.6) is 0 Å². The highest BCUT2D eigenvalue weighted by molar-refractivity contribution is 5.78. The van der Waals surface area contributed by atoms with Gasteiger partial charge in [-0.3, -0.25) is 9.69 Å². The van der Waals surface area contributed by atoms with E-state index in [9.17, 15) is 4.79 Å². The Morgan fingerprint density at radius 2 is 2.00 bits per heavy atom. The molecule has 1 heterocycles. The Labute approximate surface area is 105 Å². The molecular formula is C13H27N3O. The summed E-state index contributed by atoms with van der Waals surface area (Å²) in [5, 5.41) is 3.40. The van der Waals surface area contributed by atoms with Crippen molar-refractivity contribution in [2.24, 2.45) is 0 Å². The van der Waals surface area contributed by atoms with Crippen LogP contribution < -0.4 is 5.32 Å². The van der Waals surface area contributed by atoms with Crippen LogP contribution in [0, 0.1) is 0 Å². The third-order valence-corrected chi connectivity index (χ3v) is 3.72. The third kappa shape index (κ3) is 4.64. The molecule has 1 amide bonds. The fourth-order valence-electron chi connectivity index (χ4n) is 2.18. The number of nitrogens with one attached hydrogen (secondary N) is 1. The molecule has 1 fully saturated rings. The van der Waals surface area contributed by atoms with Crippen molar-refractivity contribution >= 4 is 5.91 Å². The first-order chi connectivity index (χ1) is 8.02. The van der Waals surface area contributed by atoms with Crippen LogP contribution in [0.25, 0.3) is 0 Å². The van der Waals surface area contributed by atoms with Crippen LogP contribution in [-0.4, -0.2) is 61.5 Å². The molecule has 1 atom stereocenters. The Kier molecular flexibility index (Phi) is 5.92. The lowest BCUT2D eigenvalue weighted by molar-refractivity contribution is -0.132. The third-order valence-electron chi connectivity index (χ3n) is 3.72. The summed E-state index contributed by atoms with van der Waals surface area (Å²) in [4.78, 5) is 16.0. The van der Waals surface area contributed by atoms with E-state index in [4.69, 9.17) is 0 Å². The lowest BCUT2D eigenvalue weighted by Crippen LogP contribution is -2.43. The highest BCUT2D eigenvalue weighted by atomic mass is 16.2. The first-order valence-electron chi connectivity index (χ1n) is 6.69. The number of nitrogens with zero attached hydrogens (tertiary/aromatic N) is 2. The van der Waals surface area contributed by atoms with Crippen molar-refractivity contribution < 1.29 is 4.79 Å². The van der Waals surface area contributed by atoms with Crippen molar-refractivity contribution in [3.63, 3.8) is 0 Å². The van der Waals surface area contributed by atoms with Crippen LogP contribution >= 0.6 is 0 Å². The van der Waals surface area contributed by atoms with Gasteiger partial charge in [0, 0.05) is 19.1 Å². The van der Waals surface area contributed by atoms with E-state index in [1.165, 1.54) is 12.8 Å². The molecular weight excluding hydrogens is 214 g/mol. The Morgan fingerprint density at radius 1 is 1.29 bits per heavy atom. The minimum Gasteiger partial charge on any atom is -0.342 e. The summed E-state index contributed by atoms with van der Waals surface area (Å²) < 4.78 is 0. The van der Waals surface area contributed by atoms with Gasteiger partial charge in [-0.1, -0.05) is 0 Å². The topological polar surface area (TPSA) is 35.6 Å². The number of amides is 1. The number of hydrogen-bond donors (Lipinski definition) is 1. The number of rotatable bonds is 4. The van der Waals surface area contributed by atoms with Gasteiger partial charge in [-0.25, -0.2) is 0 Å². The first-order valence-corrected chi connectivity index (χ1v) is 6.69. The van der Waals surface area contributed by atoms with E-state index < -0.39 is 0 Å². The Hall–Kier alpha value is -0.610. The van der Waals surface area contributed by atoms with Gasteiger partial charge in [0.05, 0.1) is 6.54 Å². The minimum absolute atomic E-state index is 0.222. The van der Waals surface area contributed by atoms with Crippen molar-refractivity contribution in [3.05, 3.63) is 0 Å². The van der Waals surface area contributed by atoms with Crippen molar-refractivity contribution in [2.75, 3.05) is 33.7 Å². The average molecular weight is 241 g/mol. The summed E-state index contributed by atoms with van der Waals surface area (Å²) in [7, 11) is 3.96. The molecule has 1 rings (SSSR count). The molecule has 0 aliphatic carbocycles. The van der Waals surface area contributed by atoms with Crippen LogP contribution in [0.15, 0.2) is 0 Å². The van der Waals surface area contributed by atoms with Crippen LogP contribution in [0.4, 0.5) is 0 Å². The first kappa shape index (κ1) is 14.5. The van der Waals surface area contributed by atoms with Gasteiger partial charge in [-0.05, 0) is 53.2 Å². The smallest absolute Gasteiger partial charge is 0.236 e. The molecule has 0 aromatic carbocycles. The Bertz CT molecular complexity index is 235. The average Bonchev–Trinajstić information content (AvgIpc) is 2.56. The zero-order chi connectivity index (χ0) is 12.8. The predicted octanol–water partition coefficient (Wildman–Crippen LogP) is 0.927. The SMILES string of the molecule is CC(C)N(C)C(=O)CN(C)C1CCCNCC1. The standard InChI is InChI=1S/C13H27N3O/c1-11(2)16(4)13(17)10-15(3)12-6-5-8-14-9-7-12/h11-12,14H,5-10H2,1-4H3. The fraction of sp³-hybridized carbons (Fsp3) is 0.923. The number of likely N-dealkylation sites (N-methyl/N-ethyl adjacent to an activating group) is 2. The molecule has 1 aliphatic rings. The van der Waals surface area contributed by atoms with Crippen LogP contribution in [0.3, 0.4) is 0 Å². The van der Waals surface area contributed by atoms with Gasteiger partial charge in [0.1, 0.15) is 0 Å². The van der Waals surface area contributed by atoms with Crippen LogP contribution in [0.2, 0.25) is 0 Å². The van der Waals surface area contributed by atoms with Crippen molar-refractivity contribution in [1.29, 1.82) is 0 Å². The van der Waals surface area contributed by atoms with E-state index in [1.54, 1.807) is 0 Å². The summed E-state index contributed by atoms with van der Waals surface area (Å²) in [5.41, 5.74) is 0. The van der Waals surface area contributed by atoms with Gasteiger partial charge < -0.3 is 10.2 Å². The lowest BCUT2D eigenvalue weighted by atomic mass is 10.1. The van der Waals surface area contributed by atoms with Gasteiger partial charge in [-0.15, -0.1) is 0 Å². The van der Waals surface area contributed by atoms with Crippen molar-refractivity contribution in [1.82, 2.24) is 15.1 Å². The van der Waals surface area contributed by atoms with Gasteiger partial charge in [-0.2, -0.15) is 0 Å². The quantitative estimate of drug-likeness (QED) is 0.795. The largest absolute Gasteiger partial charge is 0.342 e. The molecule has 17 heavy (non-hydrogen) atoms. The second-order valence-electron chi connectivity index (χ2n) is 5.35. The molecule has 0 saturated carbocycles. The molecule has 0 bridgehead atoms. The molecule has 1 N–H and O–H groups in total.